The molecule has 3 aromatic rings. The molecule has 0 amide bonds. The van der Waals surface area contributed by atoms with Gasteiger partial charge in [0, 0.05) is 0 Å². The minimum absolute atomic E-state index is 0.371. The van der Waals surface area contributed by atoms with Crippen LogP contribution in [0.4, 0.5) is 0 Å². The Balaban J connectivity index is 3.04. The Morgan fingerprint density at radius 3 is 0.627 bits per heavy atom. The zero-order valence-electron chi connectivity index (χ0n) is 50.8. The van der Waals surface area contributed by atoms with Crippen LogP contribution in [0.5, 0.6) is 0 Å². The molecule has 1 atom stereocenters. The molecule has 3 aromatic carbocycles. The van der Waals surface area contributed by atoms with Gasteiger partial charge in [0.15, 0.2) is 8.07 Å². The smallest absolute Gasteiger partial charge is 0.0656 e. The third-order valence-corrected chi connectivity index (χ3v) is 41.5. The van der Waals surface area contributed by atoms with Crippen LogP contribution in [0.1, 0.15) is 44.4 Å². The Hall–Kier alpha value is -0.691. The molecular weight excluding hydrogens is 965 g/mol. The molecule has 0 aliphatic heterocycles. The van der Waals surface area contributed by atoms with Gasteiger partial charge in [0.2, 0.25) is 0 Å². The summed E-state index contributed by atoms with van der Waals surface area (Å²) in [7, 11) is -21.1. The molecule has 4 rings (SSSR count). The Morgan fingerprint density at radius 2 is 0.478 bits per heavy atom. The first-order chi connectivity index (χ1) is 29.4. The molecule has 0 bridgehead atoms. The number of rotatable bonds is 13. The van der Waals surface area contributed by atoms with Crippen LogP contribution in [-0.2, 0) is 0 Å². The summed E-state index contributed by atoms with van der Waals surface area (Å²) in [6.45, 7) is 91.7. The van der Waals surface area contributed by atoms with E-state index >= 15 is 0 Å². The predicted octanol–water partition coefficient (Wildman–Crippen LogP) is 10.8. The van der Waals surface area contributed by atoms with Gasteiger partial charge in [0.05, 0.1) is 72.7 Å². The van der Waals surface area contributed by atoms with Crippen molar-refractivity contribution >= 4 is 143 Å². The minimum Gasteiger partial charge on any atom is -0.0656 e. The van der Waals surface area contributed by atoms with Gasteiger partial charge in [-0.15, -0.1) is 0 Å². The van der Waals surface area contributed by atoms with Crippen LogP contribution in [0.2, 0.25) is 177 Å². The molecule has 0 nitrogen and oxygen atoms in total. The minimum atomic E-state index is -3.32. The van der Waals surface area contributed by atoms with E-state index in [1.54, 1.807) is 49.0 Å². The zero-order chi connectivity index (χ0) is 52.7. The first-order valence-electron chi connectivity index (χ1n) is 26.4. The standard InChI is InChI=1S/C57H106Si10/c1-38-39(2)41(4)51(40(38)3)67(48-35-45(58(8,9)10)42(5)52(61(17,18)19)55(48)64(26,27)28,49-36-46(59(11,12)13)43(6)53(62(20,21)22)56(49)65(29,30)31)50-37-47(60(14,15)16)44(7)54(63(23,24)25)57(50)66(32,33)34/h35-37,40H,1-34H3. The third kappa shape index (κ3) is 10.6. The molecule has 1 aliphatic carbocycles. The fourth-order valence-electron chi connectivity index (χ4n) is 13.6. The summed E-state index contributed by atoms with van der Waals surface area (Å²) in [5.74, 6) is 0.371. The van der Waals surface area contributed by atoms with E-state index in [-0.39, 0.29) is 0 Å². The molecule has 0 heterocycles. The van der Waals surface area contributed by atoms with Crippen LogP contribution in [0.3, 0.4) is 0 Å². The van der Waals surface area contributed by atoms with Crippen molar-refractivity contribution in [3.63, 3.8) is 0 Å². The van der Waals surface area contributed by atoms with Gasteiger partial charge < -0.3 is 0 Å². The van der Waals surface area contributed by atoms with Crippen LogP contribution in [-0.4, -0.2) is 80.7 Å². The van der Waals surface area contributed by atoms with E-state index in [9.17, 15) is 0 Å². The quantitative estimate of drug-likeness (QED) is 0.118. The Bertz CT molecular complexity index is 2280. The lowest BCUT2D eigenvalue weighted by Crippen LogP contribution is -2.87. The van der Waals surface area contributed by atoms with E-state index in [0.717, 1.165) is 0 Å². The lowest BCUT2D eigenvalue weighted by atomic mass is 10.1. The molecule has 0 N–H and O–H groups in total. The highest BCUT2D eigenvalue weighted by Gasteiger charge is 2.57. The van der Waals surface area contributed by atoms with Gasteiger partial charge in [-0.2, -0.15) is 0 Å². The molecule has 1 aliphatic rings. The SMILES string of the molecule is CC1=C(C)C(C)C([Si](c2cc([Si](C)(C)C)c(C)c([Si](C)(C)C)c2[Si](C)(C)C)(c2cc([Si](C)(C)C)c(C)c([Si](C)(C)C)c2[Si](C)(C)C)c2cc([Si](C)(C)C)c(C)c([Si](C)(C)C)c2[Si](C)(C)C)=C1C. The number of hydrogen-bond acceptors (Lipinski definition) is 0. The highest BCUT2D eigenvalue weighted by atomic mass is 28.4. The van der Waals surface area contributed by atoms with Crippen LogP contribution in [0, 0.1) is 26.7 Å². The largest absolute Gasteiger partial charge is 0.176 e. The summed E-state index contributed by atoms with van der Waals surface area (Å²) in [5.41, 5.74) is 9.87. The summed E-state index contributed by atoms with van der Waals surface area (Å²) < 4.78 is 0. The Labute approximate surface area is 427 Å². The average Bonchev–Trinajstić information content (AvgIpc) is 3.26. The predicted molar refractivity (Wildman–Crippen MR) is 345 cm³/mol. The van der Waals surface area contributed by atoms with Crippen molar-refractivity contribution in [2.75, 3.05) is 0 Å². The highest BCUT2D eigenvalue weighted by molar-refractivity contribution is 7.25. The second-order valence-electron chi connectivity index (χ2n) is 31.1. The van der Waals surface area contributed by atoms with Gasteiger partial charge >= 0.3 is 0 Å². The van der Waals surface area contributed by atoms with Gasteiger partial charge in [-0.3, -0.25) is 0 Å². The molecule has 0 saturated carbocycles. The summed E-state index contributed by atoms with van der Waals surface area (Å²) in [6, 6.07) is 9.19. The zero-order valence-corrected chi connectivity index (χ0v) is 60.8. The van der Waals surface area contributed by atoms with E-state index in [2.05, 4.69) is 243 Å². The summed E-state index contributed by atoms with van der Waals surface area (Å²) in [5, 5.41) is 23.9. The maximum atomic E-state index is 3.06. The van der Waals surface area contributed by atoms with E-state index in [1.165, 1.54) is 0 Å². The molecule has 0 radical (unpaired) electrons. The topological polar surface area (TPSA) is 0 Å². The van der Waals surface area contributed by atoms with Crippen LogP contribution in [0.15, 0.2) is 40.1 Å². The van der Waals surface area contributed by atoms with Crippen molar-refractivity contribution in [3.8, 4) is 0 Å². The summed E-state index contributed by atoms with van der Waals surface area (Å²) >= 11 is 0. The molecule has 0 fully saturated rings. The third-order valence-electron chi connectivity index (χ3n) is 15.9. The molecule has 10 heteroatoms. The molecular formula is C57H106Si10. The van der Waals surface area contributed by atoms with Gasteiger partial charge in [-0.1, -0.05) is 282 Å². The Morgan fingerprint density at radius 1 is 0.269 bits per heavy atom. The number of allylic oxidation sites excluding steroid dienone is 4. The van der Waals surface area contributed by atoms with Crippen LogP contribution in [0.25, 0.3) is 0 Å². The number of benzene rings is 3. The van der Waals surface area contributed by atoms with Gasteiger partial charge in [-0.25, -0.2) is 0 Å². The van der Waals surface area contributed by atoms with Gasteiger partial charge in [-0.05, 0) is 68.6 Å². The average molecular weight is 1070 g/mol. The van der Waals surface area contributed by atoms with Gasteiger partial charge in [0.1, 0.15) is 0 Å². The maximum Gasteiger partial charge on any atom is 0.176 e. The molecule has 1 unspecified atom stereocenters. The fourth-order valence-corrected chi connectivity index (χ4v) is 49.9. The molecule has 0 aromatic heterocycles. The van der Waals surface area contributed by atoms with Crippen molar-refractivity contribution in [1.82, 2.24) is 0 Å². The van der Waals surface area contributed by atoms with Gasteiger partial charge in [0.25, 0.3) is 0 Å². The lowest BCUT2D eigenvalue weighted by molar-refractivity contribution is 0.852. The van der Waals surface area contributed by atoms with Crippen molar-refractivity contribution in [3.05, 3.63) is 56.8 Å². The second kappa shape index (κ2) is 18.1. The molecule has 67 heavy (non-hydrogen) atoms. The van der Waals surface area contributed by atoms with E-state index in [4.69, 9.17) is 0 Å². The molecule has 0 saturated heterocycles. The molecule has 0 spiro atoms. The first kappa shape index (κ1) is 58.9. The summed E-state index contributed by atoms with van der Waals surface area (Å²) in [4.78, 5) is 0. The van der Waals surface area contributed by atoms with E-state index in [1.807, 2.05) is 51.9 Å². The van der Waals surface area contributed by atoms with E-state index in [0.29, 0.717) is 5.92 Å². The fraction of sp³-hybridized carbons (Fsp3) is 0.614. The monoisotopic (exact) mass is 1070 g/mol. The number of hydrogen-bond donors (Lipinski definition) is 0. The van der Waals surface area contributed by atoms with Crippen molar-refractivity contribution in [2.24, 2.45) is 5.92 Å². The first-order valence-corrected chi connectivity index (χ1v) is 59.9. The Kier molecular flexibility index (Phi) is 15.9. The highest BCUT2D eigenvalue weighted by Crippen LogP contribution is 2.42. The summed E-state index contributed by atoms with van der Waals surface area (Å²) in [6.07, 6.45) is 0. The maximum absolute atomic E-state index is 3.32. The van der Waals surface area contributed by atoms with Crippen molar-refractivity contribution in [2.45, 2.75) is 225 Å². The molecule has 374 valence electrons. The lowest BCUT2D eigenvalue weighted by Gasteiger charge is -2.50. The van der Waals surface area contributed by atoms with Crippen molar-refractivity contribution in [1.29, 1.82) is 0 Å². The van der Waals surface area contributed by atoms with Crippen molar-refractivity contribution < 1.29 is 0 Å². The normalized spacial score (nSPS) is 16.8. The van der Waals surface area contributed by atoms with E-state index < -0.39 is 80.7 Å². The second-order valence-corrected chi connectivity index (χ2v) is 79.9. The van der Waals surface area contributed by atoms with Crippen LogP contribution < -0.4 is 62.2 Å². The van der Waals surface area contributed by atoms with Crippen LogP contribution >= 0.6 is 0 Å².